The van der Waals surface area contributed by atoms with Gasteiger partial charge < -0.3 is 10.1 Å². The Morgan fingerprint density at radius 3 is 2.75 bits per heavy atom. The van der Waals surface area contributed by atoms with Gasteiger partial charge in [0.05, 0.1) is 12.5 Å². The molecule has 1 aromatic heterocycles. The molecule has 1 heterocycles. The fourth-order valence-corrected chi connectivity index (χ4v) is 3.26. The third-order valence-electron chi connectivity index (χ3n) is 3.97. The van der Waals surface area contributed by atoms with Crippen LogP contribution in [-0.4, -0.2) is 15.7 Å². The molecule has 3 rings (SSSR count). The molecule has 0 aliphatic heterocycles. The van der Waals surface area contributed by atoms with Crippen LogP contribution in [0.3, 0.4) is 0 Å². The summed E-state index contributed by atoms with van der Waals surface area (Å²) in [5.41, 5.74) is 2.17. The summed E-state index contributed by atoms with van der Waals surface area (Å²) in [5.74, 6) is -0.486. The molecule has 2 aromatic carbocycles. The molecular formula is C19H18ClFN4O2S. The molecule has 0 unspecified atom stereocenters. The lowest BCUT2D eigenvalue weighted by Crippen LogP contribution is -2.15. The lowest BCUT2D eigenvalue weighted by Gasteiger charge is -2.12. The zero-order chi connectivity index (χ0) is 20.1. The van der Waals surface area contributed by atoms with Gasteiger partial charge in [-0.15, -0.1) is 5.10 Å². The first-order valence-electron chi connectivity index (χ1n) is 8.31. The van der Waals surface area contributed by atoms with Gasteiger partial charge in [-0.25, -0.2) is 4.68 Å². The van der Waals surface area contributed by atoms with Crippen LogP contribution in [0.1, 0.15) is 11.1 Å². The van der Waals surface area contributed by atoms with Gasteiger partial charge in [0, 0.05) is 28.2 Å². The molecule has 0 spiro atoms. The summed E-state index contributed by atoms with van der Waals surface area (Å²) in [5, 5.41) is 12.7. The van der Waals surface area contributed by atoms with Gasteiger partial charge in [-0.1, -0.05) is 35.9 Å². The molecule has 0 fully saturated rings. The van der Waals surface area contributed by atoms with Crippen molar-refractivity contribution in [3.63, 3.8) is 0 Å². The lowest BCUT2D eigenvalue weighted by atomic mass is 10.1. The molecule has 1 amide bonds. The van der Waals surface area contributed by atoms with Crippen LogP contribution < -0.4 is 15.2 Å². The summed E-state index contributed by atoms with van der Waals surface area (Å²) in [6.45, 7) is 0.187. The van der Waals surface area contributed by atoms with Crippen molar-refractivity contribution >= 4 is 35.1 Å². The molecule has 0 aliphatic carbocycles. The molecule has 28 heavy (non-hydrogen) atoms. The second-order valence-electron chi connectivity index (χ2n) is 5.97. The summed E-state index contributed by atoms with van der Waals surface area (Å²) in [6, 6.07) is 13.7. The van der Waals surface area contributed by atoms with Crippen LogP contribution in [0.4, 0.5) is 10.1 Å². The van der Waals surface area contributed by atoms with Crippen molar-refractivity contribution in [2.75, 3.05) is 5.32 Å². The van der Waals surface area contributed by atoms with Gasteiger partial charge >= 0.3 is 0 Å². The maximum atomic E-state index is 13.1. The fraction of sp³-hybridized carbons (Fsp3) is 0.158. The number of anilines is 1. The number of amides is 1. The van der Waals surface area contributed by atoms with E-state index in [1.807, 2.05) is 18.2 Å². The zero-order valence-corrected chi connectivity index (χ0v) is 16.6. The minimum Gasteiger partial charge on any atom is -0.473 e. The Kier molecular flexibility index (Phi) is 6.56. The second kappa shape index (κ2) is 9.09. The SMILES string of the molecule is Cn1nc(F)cc1OCc1ccc(NC(=O)Cc2ccccc2Cl)cc1SN. The number of carbonyl (C=O) groups is 1. The Morgan fingerprint density at radius 2 is 2.07 bits per heavy atom. The Morgan fingerprint density at radius 1 is 1.29 bits per heavy atom. The second-order valence-corrected chi connectivity index (χ2v) is 7.06. The molecule has 3 N–H and O–H groups in total. The summed E-state index contributed by atoms with van der Waals surface area (Å²) in [7, 11) is 1.59. The Balaban J connectivity index is 1.66. The number of nitrogens with one attached hydrogen (secondary N) is 1. The van der Waals surface area contributed by atoms with Crippen LogP contribution >= 0.6 is 23.5 Å². The number of nitrogens with two attached hydrogens (primary N) is 1. The van der Waals surface area contributed by atoms with Crippen LogP contribution in [0.2, 0.25) is 5.02 Å². The number of nitrogens with zero attached hydrogens (tertiary/aromatic N) is 2. The summed E-state index contributed by atoms with van der Waals surface area (Å²) in [6.07, 6.45) is 0.168. The number of hydrogen-bond donors (Lipinski definition) is 2. The monoisotopic (exact) mass is 420 g/mol. The van der Waals surface area contributed by atoms with Gasteiger partial charge in [-0.3, -0.25) is 9.93 Å². The number of aryl methyl sites for hydroxylation is 1. The first-order valence-corrected chi connectivity index (χ1v) is 9.57. The fourth-order valence-electron chi connectivity index (χ4n) is 2.58. The maximum Gasteiger partial charge on any atom is 0.236 e. The van der Waals surface area contributed by atoms with E-state index in [0.717, 1.165) is 28.0 Å². The van der Waals surface area contributed by atoms with Crippen LogP contribution in [0.25, 0.3) is 0 Å². The summed E-state index contributed by atoms with van der Waals surface area (Å²) < 4.78 is 20.0. The van der Waals surface area contributed by atoms with Gasteiger partial charge in [0.2, 0.25) is 17.7 Å². The van der Waals surface area contributed by atoms with E-state index in [1.54, 1.807) is 31.3 Å². The third-order valence-corrected chi connectivity index (χ3v) is 4.97. The number of rotatable bonds is 7. The minimum atomic E-state index is -0.609. The maximum absolute atomic E-state index is 13.1. The minimum absolute atomic E-state index is 0.168. The predicted molar refractivity (Wildman–Crippen MR) is 108 cm³/mol. The van der Waals surface area contributed by atoms with Crippen LogP contribution in [-0.2, 0) is 24.9 Å². The predicted octanol–water partition coefficient (Wildman–Crippen LogP) is 3.94. The Hall–Kier alpha value is -2.55. The van der Waals surface area contributed by atoms with Crippen molar-refractivity contribution in [2.24, 2.45) is 12.2 Å². The molecular weight excluding hydrogens is 403 g/mol. The van der Waals surface area contributed by atoms with E-state index in [2.05, 4.69) is 10.4 Å². The number of aromatic nitrogens is 2. The molecule has 0 saturated carbocycles. The highest BCUT2D eigenvalue weighted by Crippen LogP contribution is 2.25. The first kappa shape index (κ1) is 20.2. The number of ether oxygens (including phenoxy) is 1. The van der Waals surface area contributed by atoms with Gasteiger partial charge in [0.25, 0.3) is 0 Å². The summed E-state index contributed by atoms with van der Waals surface area (Å²) in [4.78, 5) is 13.0. The molecule has 0 atom stereocenters. The van der Waals surface area contributed by atoms with Gasteiger partial charge in [0.15, 0.2) is 0 Å². The third kappa shape index (κ3) is 5.03. The average Bonchev–Trinajstić information content (AvgIpc) is 2.99. The normalized spacial score (nSPS) is 10.7. The lowest BCUT2D eigenvalue weighted by molar-refractivity contribution is -0.115. The van der Waals surface area contributed by atoms with Crippen molar-refractivity contribution in [2.45, 2.75) is 17.9 Å². The van der Waals surface area contributed by atoms with E-state index in [9.17, 15) is 9.18 Å². The molecule has 6 nitrogen and oxygen atoms in total. The number of carbonyl (C=O) groups excluding carboxylic acids is 1. The highest BCUT2D eigenvalue weighted by atomic mass is 35.5. The van der Waals surface area contributed by atoms with E-state index in [4.69, 9.17) is 21.5 Å². The number of halogens is 2. The largest absolute Gasteiger partial charge is 0.473 e. The average molecular weight is 421 g/mol. The van der Waals surface area contributed by atoms with E-state index in [-0.39, 0.29) is 18.9 Å². The molecule has 146 valence electrons. The highest BCUT2D eigenvalue weighted by molar-refractivity contribution is 7.97. The van der Waals surface area contributed by atoms with Gasteiger partial charge in [0.1, 0.15) is 6.61 Å². The first-order chi connectivity index (χ1) is 13.5. The van der Waals surface area contributed by atoms with E-state index >= 15 is 0 Å². The standard InChI is InChI=1S/C19H18ClFN4O2S/c1-25-19(10-17(21)24-25)27-11-13-6-7-14(9-16(13)28-22)23-18(26)8-12-4-2-3-5-15(12)20/h2-7,9-10H,8,11,22H2,1H3,(H,23,26). The van der Waals surface area contributed by atoms with Crippen LogP contribution in [0.15, 0.2) is 53.4 Å². The topological polar surface area (TPSA) is 82.2 Å². The van der Waals surface area contributed by atoms with Crippen molar-refractivity contribution in [1.29, 1.82) is 0 Å². The highest BCUT2D eigenvalue weighted by Gasteiger charge is 2.11. The van der Waals surface area contributed by atoms with Crippen LogP contribution in [0.5, 0.6) is 5.88 Å². The van der Waals surface area contributed by atoms with Crippen molar-refractivity contribution in [3.05, 3.63) is 70.6 Å². The molecule has 0 aliphatic rings. The van der Waals surface area contributed by atoms with Crippen molar-refractivity contribution in [3.8, 4) is 5.88 Å². The van der Waals surface area contributed by atoms with E-state index < -0.39 is 5.95 Å². The number of hydrogen-bond acceptors (Lipinski definition) is 5. The Labute approximate surface area is 171 Å². The molecule has 0 saturated heterocycles. The summed E-state index contributed by atoms with van der Waals surface area (Å²) >= 11 is 7.13. The van der Waals surface area contributed by atoms with E-state index in [0.29, 0.717) is 16.6 Å². The molecule has 0 radical (unpaired) electrons. The molecule has 9 heteroatoms. The quantitative estimate of drug-likeness (QED) is 0.566. The van der Waals surface area contributed by atoms with Crippen LogP contribution in [0, 0.1) is 5.95 Å². The van der Waals surface area contributed by atoms with Gasteiger partial charge in [-0.05, 0) is 35.7 Å². The van der Waals surface area contributed by atoms with Crippen molar-refractivity contribution in [1.82, 2.24) is 9.78 Å². The molecule has 0 bridgehead atoms. The zero-order valence-electron chi connectivity index (χ0n) is 15.0. The number of benzene rings is 2. The van der Waals surface area contributed by atoms with Gasteiger partial charge in [-0.2, -0.15) is 4.39 Å². The molecule has 3 aromatic rings. The smallest absolute Gasteiger partial charge is 0.236 e. The van der Waals surface area contributed by atoms with Crippen molar-refractivity contribution < 1.29 is 13.9 Å². The van der Waals surface area contributed by atoms with E-state index in [1.165, 1.54) is 10.7 Å². The Bertz CT molecular complexity index is 996.